The number of carboxylic acids is 1. The number of halogens is 1. The van der Waals surface area contributed by atoms with E-state index in [1.807, 2.05) is 26.0 Å². The second kappa shape index (κ2) is 5.51. The van der Waals surface area contributed by atoms with Gasteiger partial charge in [0, 0.05) is 16.8 Å². The van der Waals surface area contributed by atoms with E-state index in [0.29, 0.717) is 22.2 Å². The van der Waals surface area contributed by atoms with Crippen molar-refractivity contribution in [2.24, 2.45) is 0 Å². The lowest BCUT2D eigenvalue weighted by Crippen LogP contribution is -2.00. The fourth-order valence-electron chi connectivity index (χ4n) is 1.86. The Morgan fingerprint density at radius 2 is 1.75 bits per heavy atom. The van der Waals surface area contributed by atoms with E-state index in [1.54, 1.807) is 6.92 Å². The summed E-state index contributed by atoms with van der Waals surface area (Å²) in [6, 6.07) is 5.17. The van der Waals surface area contributed by atoms with Crippen molar-refractivity contribution in [3.8, 4) is 11.6 Å². The zero-order valence-corrected chi connectivity index (χ0v) is 12.2. The molecule has 1 N–H and O–H groups in total. The summed E-state index contributed by atoms with van der Waals surface area (Å²) in [5, 5.41) is 9.61. The van der Waals surface area contributed by atoms with Gasteiger partial charge in [-0.25, -0.2) is 9.78 Å². The van der Waals surface area contributed by atoms with Crippen LogP contribution in [0.25, 0.3) is 0 Å². The third kappa shape index (κ3) is 2.91. The van der Waals surface area contributed by atoms with Crippen molar-refractivity contribution in [3.05, 3.63) is 51.7 Å². The maximum absolute atomic E-state index is 10.9. The van der Waals surface area contributed by atoms with Crippen LogP contribution in [-0.2, 0) is 0 Å². The van der Waals surface area contributed by atoms with Crippen molar-refractivity contribution in [1.82, 2.24) is 4.98 Å². The van der Waals surface area contributed by atoms with Gasteiger partial charge in [-0.1, -0.05) is 11.6 Å². The Kier molecular flexibility index (Phi) is 3.95. The highest BCUT2D eigenvalue weighted by molar-refractivity contribution is 6.32. The predicted molar refractivity (Wildman–Crippen MR) is 76.9 cm³/mol. The molecule has 0 bridgehead atoms. The van der Waals surface area contributed by atoms with Gasteiger partial charge in [0.1, 0.15) is 5.75 Å². The van der Waals surface area contributed by atoms with Crippen LogP contribution in [0, 0.1) is 20.8 Å². The average molecular weight is 292 g/mol. The van der Waals surface area contributed by atoms with Crippen molar-refractivity contribution < 1.29 is 14.6 Å². The SMILES string of the molecule is Cc1cc(C(=O)O)cnc1Oc1cc(C)c(Cl)c(C)c1. The van der Waals surface area contributed by atoms with Crippen LogP contribution in [0.1, 0.15) is 27.0 Å². The molecule has 0 aliphatic rings. The maximum Gasteiger partial charge on any atom is 0.337 e. The van der Waals surface area contributed by atoms with E-state index in [1.165, 1.54) is 12.3 Å². The van der Waals surface area contributed by atoms with Crippen molar-refractivity contribution in [2.75, 3.05) is 0 Å². The number of ether oxygens (including phenoxy) is 1. The summed E-state index contributed by atoms with van der Waals surface area (Å²) < 4.78 is 5.70. The lowest BCUT2D eigenvalue weighted by Gasteiger charge is -2.11. The fraction of sp³-hybridized carbons (Fsp3) is 0.200. The number of aromatic nitrogens is 1. The summed E-state index contributed by atoms with van der Waals surface area (Å²) in [6.07, 6.45) is 1.28. The first kappa shape index (κ1) is 14.3. The van der Waals surface area contributed by atoms with Gasteiger partial charge in [0.05, 0.1) is 5.56 Å². The van der Waals surface area contributed by atoms with E-state index in [0.717, 1.165) is 11.1 Å². The molecule has 0 saturated heterocycles. The van der Waals surface area contributed by atoms with Gasteiger partial charge in [-0.3, -0.25) is 0 Å². The lowest BCUT2D eigenvalue weighted by molar-refractivity contribution is 0.0696. The molecule has 2 aromatic rings. The van der Waals surface area contributed by atoms with E-state index < -0.39 is 5.97 Å². The Balaban J connectivity index is 2.33. The minimum Gasteiger partial charge on any atom is -0.478 e. The van der Waals surface area contributed by atoms with Gasteiger partial charge < -0.3 is 9.84 Å². The number of aryl methyl sites for hydroxylation is 3. The quantitative estimate of drug-likeness (QED) is 0.923. The van der Waals surface area contributed by atoms with Crippen LogP contribution in [0.2, 0.25) is 5.02 Å². The van der Waals surface area contributed by atoms with Gasteiger partial charge in [-0.05, 0) is 50.1 Å². The minimum atomic E-state index is -1.01. The van der Waals surface area contributed by atoms with Crippen LogP contribution in [0.4, 0.5) is 0 Å². The molecule has 0 amide bonds. The molecule has 1 aromatic carbocycles. The zero-order chi connectivity index (χ0) is 14.9. The molecule has 0 saturated carbocycles. The summed E-state index contributed by atoms with van der Waals surface area (Å²) >= 11 is 6.10. The van der Waals surface area contributed by atoms with Crippen LogP contribution in [-0.4, -0.2) is 16.1 Å². The van der Waals surface area contributed by atoms with Crippen LogP contribution in [0.5, 0.6) is 11.6 Å². The molecule has 20 heavy (non-hydrogen) atoms. The Morgan fingerprint density at radius 3 is 2.25 bits per heavy atom. The normalized spacial score (nSPS) is 10.4. The number of hydrogen-bond donors (Lipinski definition) is 1. The molecular formula is C15H14ClNO3. The van der Waals surface area contributed by atoms with Crippen molar-refractivity contribution >= 4 is 17.6 Å². The largest absolute Gasteiger partial charge is 0.478 e. The maximum atomic E-state index is 10.9. The Morgan fingerprint density at radius 1 is 1.15 bits per heavy atom. The zero-order valence-electron chi connectivity index (χ0n) is 11.4. The highest BCUT2D eigenvalue weighted by Gasteiger charge is 2.10. The standard InChI is InChI=1S/C15H14ClNO3/c1-8-5-12(6-9(2)13(8)16)20-14-10(3)4-11(7-17-14)15(18)19/h4-7H,1-3H3,(H,18,19). The monoisotopic (exact) mass is 291 g/mol. The summed E-state index contributed by atoms with van der Waals surface area (Å²) in [6.45, 7) is 5.55. The number of carbonyl (C=O) groups is 1. The van der Waals surface area contributed by atoms with Gasteiger partial charge in [0.15, 0.2) is 0 Å². The number of hydrogen-bond acceptors (Lipinski definition) is 3. The fourth-order valence-corrected chi connectivity index (χ4v) is 1.97. The third-order valence-corrected chi connectivity index (χ3v) is 3.50. The molecule has 0 atom stereocenters. The molecule has 0 spiro atoms. The molecule has 0 unspecified atom stereocenters. The smallest absolute Gasteiger partial charge is 0.337 e. The van der Waals surface area contributed by atoms with E-state index in [9.17, 15) is 4.79 Å². The van der Waals surface area contributed by atoms with E-state index >= 15 is 0 Å². The van der Waals surface area contributed by atoms with Gasteiger partial charge in [-0.2, -0.15) is 0 Å². The van der Waals surface area contributed by atoms with E-state index in [2.05, 4.69) is 4.98 Å². The second-order valence-corrected chi connectivity index (χ2v) is 5.00. The topological polar surface area (TPSA) is 59.4 Å². The van der Waals surface area contributed by atoms with Gasteiger partial charge in [0.25, 0.3) is 0 Å². The first-order valence-corrected chi connectivity index (χ1v) is 6.41. The van der Waals surface area contributed by atoms with Gasteiger partial charge in [-0.15, -0.1) is 0 Å². The molecule has 4 nitrogen and oxygen atoms in total. The second-order valence-electron chi connectivity index (χ2n) is 4.62. The summed E-state index contributed by atoms with van der Waals surface area (Å²) in [7, 11) is 0. The summed E-state index contributed by atoms with van der Waals surface area (Å²) in [5.41, 5.74) is 2.64. The number of nitrogens with zero attached hydrogens (tertiary/aromatic N) is 1. The number of rotatable bonds is 3. The molecule has 1 aromatic heterocycles. The van der Waals surface area contributed by atoms with E-state index in [-0.39, 0.29) is 5.56 Å². The number of carboxylic acid groups (broad SMARTS) is 1. The lowest BCUT2D eigenvalue weighted by atomic mass is 10.1. The highest BCUT2D eigenvalue weighted by Crippen LogP contribution is 2.29. The molecule has 104 valence electrons. The van der Waals surface area contributed by atoms with Crippen molar-refractivity contribution in [3.63, 3.8) is 0 Å². The summed E-state index contributed by atoms with van der Waals surface area (Å²) in [4.78, 5) is 14.9. The number of pyridine rings is 1. The van der Waals surface area contributed by atoms with E-state index in [4.69, 9.17) is 21.4 Å². The molecular weight excluding hydrogens is 278 g/mol. The Hall–Kier alpha value is -2.07. The predicted octanol–water partition coefficient (Wildman–Crippen LogP) is 4.15. The first-order valence-electron chi connectivity index (χ1n) is 6.03. The molecule has 0 fully saturated rings. The van der Waals surface area contributed by atoms with Crippen molar-refractivity contribution in [1.29, 1.82) is 0 Å². The Labute approximate surface area is 122 Å². The number of aromatic carboxylic acids is 1. The third-order valence-electron chi connectivity index (χ3n) is 2.90. The van der Waals surface area contributed by atoms with Crippen LogP contribution >= 0.6 is 11.6 Å². The molecule has 1 heterocycles. The van der Waals surface area contributed by atoms with Crippen LogP contribution in [0.3, 0.4) is 0 Å². The average Bonchev–Trinajstić information content (AvgIpc) is 2.38. The Bertz CT molecular complexity index is 660. The number of benzene rings is 1. The molecule has 2 rings (SSSR count). The van der Waals surface area contributed by atoms with Crippen molar-refractivity contribution in [2.45, 2.75) is 20.8 Å². The van der Waals surface area contributed by atoms with Crippen LogP contribution in [0.15, 0.2) is 24.4 Å². The van der Waals surface area contributed by atoms with Crippen LogP contribution < -0.4 is 4.74 Å². The van der Waals surface area contributed by atoms with Gasteiger partial charge in [0.2, 0.25) is 5.88 Å². The molecule has 0 radical (unpaired) electrons. The highest BCUT2D eigenvalue weighted by atomic mass is 35.5. The molecule has 0 aliphatic carbocycles. The minimum absolute atomic E-state index is 0.137. The summed E-state index contributed by atoms with van der Waals surface area (Å²) in [5.74, 6) is 0.00419. The van der Waals surface area contributed by atoms with Gasteiger partial charge >= 0.3 is 5.97 Å². The molecule has 0 aliphatic heterocycles. The first-order chi connectivity index (χ1) is 9.38. The molecule has 5 heteroatoms.